The molecule has 2 saturated heterocycles. The van der Waals surface area contributed by atoms with Crippen LogP contribution in [0, 0.1) is 5.92 Å². The van der Waals surface area contributed by atoms with Crippen molar-refractivity contribution < 1.29 is 9.53 Å². The van der Waals surface area contributed by atoms with Gasteiger partial charge in [0.15, 0.2) is 0 Å². The van der Waals surface area contributed by atoms with Crippen LogP contribution in [0.2, 0.25) is 0 Å². The Morgan fingerprint density at radius 1 is 1.06 bits per heavy atom. The summed E-state index contributed by atoms with van der Waals surface area (Å²) in [5.41, 5.74) is 3.14. The second-order valence-electron chi connectivity index (χ2n) is 9.05. The topological polar surface area (TPSA) is 70.9 Å². The van der Waals surface area contributed by atoms with Crippen LogP contribution in [0.25, 0.3) is 0 Å². The zero-order valence-electron chi connectivity index (χ0n) is 18.7. The predicted molar refractivity (Wildman–Crippen MR) is 125 cm³/mol. The minimum absolute atomic E-state index is 0.0276. The molecule has 0 aliphatic carbocycles. The first-order valence-electron chi connectivity index (χ1n) is 11.7. The fourth-order valence-electron chi connectivity index (χ4n) is 4.96. The number of ether oxygens (including phenoxy) is 1. The third kappa shape index (κ3) is 4.11. The highest BCUT2D eigenvalue weighted by Crippen LogP contribution is 2.36. The quantitative estimate of drug-likeness (QED) is 0.728. The lowest BCUT2D eigenvalue weighted by Gasteiger charge is -2.31. The van der Waals surface area contributed by atoms with Crippen molar-refractivity contribution >= 4 is 23.1 Å². The fraction of sp³-hybridized carbons (Fsp3) is 0.542. The van der Waals surface area contributed by atoms with Crippen LogP contribution in [-0.4, -0.2) is 61.4 Å². The van der Waals surface area contributed by atoms with Crippen molar-refractivity contribution in [2.45, 2.75) is 32.7 Å². The van der Waals surface area contributed by atoms with Crippen LogP contribution in [0.15, 0.2) is 35.4 Å². The molecule has 3 aliphatic rings. The first-order chi connectivity index (χ1) is 15.6. The summed E-state index contributed by atoms with van der Waals surface area (Å²) in [5, 5.41) is 0. The van der Waals surface area contributed by atoms with Crippen LogP contribution >= 0.6 is 0 Å². The standard InChI is InChI=1S/C24H31N5O3/c1-18-5-8-27(9-6-18)22-16-28(23(30)15-25-22)17-24(31)29-10-7-19-20(3-2-4-21(19)29)26-11-13-32-14-12-26/h2-4,15-16,18H,5-14,17H2,1H3. The highest BCUT2D eigenvalue weighted by molar-refractivity contribution is 5.96. The van der Waals surface area contributed by atoms with Gasteiger partial charge in [0.1, 0.15) is 12.4 Å². The molecule has 3 aliphatic heterocycles. The average molecular weight is 438 g/mol. The normalized spacial score (nSPS) is 19.3. The van der Waals surface area contributed by atoms with Crippen LogP contribution in [-0.2, 0) is 22.5 Å². The van der Waals surface area contributed by atoms with E-state index in [9.17, 15) is 9.59 Å². The van der Waals surface area contributed by atoms with Crippen LogP contribution in [0.4, 0.5) is 17.2 Å². The molecule has 0 bridgehead atoms. The lowest BCUT2D eigenvalue weighted by atomic mass is 9.99. The van der Waals surface area contributed by atoms with Crippen LogP contribution in [0.5, 0.6) is 0 Å². The van der Waals surface area contributed by atoms with Crippen molar-refractivity contribution in [3.63, 3.8) is 0 Å². The molecule has 0 N–H and O–H groups in total. The van der Waals surface area contributed by atoms with Gasteiger partial charge in [-0.05, 0) is 37.3 Å². The predicted octanol–water partition coefficient (Wildman–Crippen LogP) is 1.91. The SMILES string of the molecule is CC1CCN(c2cn(CC(=O)N3CCc4c(N5CCOCC5)cccc43)c(=O)cn2)CC1. The van der Waals surface area contributed by atoms with Gasteiger partial charge in [-0.25, -0.2) is 4.98 Å². The number of rotatable bonds is 4. The van der Waals surface area contributed by atoms with Gasteiger partial charge in [0.25, 0.3) is 5.56 Å². The van der Waals surface area contributed by atoms with Gasteiger partial charge >= 0.3 is 0 Å². The highest BCUT2D eigenvalue weighted by atomic mass is 16.5. The molecule has 0 unspecified atom stereocenters. The second-order valence-corrected chi connectivity index (χ2v) is 9.05. The number of benzene rings is 1. The molecule has 1 aromatic heterocycles. The summed E-state index contributed by atoms with van der Waals surface area (Å²) in [5.74, 6) is 1.44. The van der Waals surface area contributed by atoms with Gasteiger partial charge in [-0.2, -0.15) is 0 Å². The molecular formula is C24H31N5O3. The zero-order valence-corrected chi connectivity index (χ0v) is 18.7. The van der Waals surface area contributed by atoms with E-state index in [1.54, 1.807) is 6.20 Å². The Balaban J connectivity index is 1.34. The van der Waals surface area contributed by atoms with Crippen molar-refractivity contribution in [2.24, 2.45) is 5.92 Å². The van der Waals surface area contributed by atoms with Gasteiger partial charge in [0, 0.05) is 49.7 Å². The number of anilines is 3. The molecular weight excluding hydrogens is 406 g/mol. The summed E-state index contributed by atoms with van der Waals surface area (Å²) in [6.07, 6.45) is 6.16. The molecule has 0 atom stereocenters. The van der Waals surface area contributed by atoms with E-state index in [0.717, 1.165) is 76.1 Å². The maximum atomic E-state index is 13.2. The number of fused-ring (bicyclic) bond motifs is 1. The summed E-state index contributed by atoms with van der Waals surface area (Å²) < 4.78 is 7.00. The molecule has 0 spiro atoms. The molecule has 2 fully saturated rings. The van der Waals surface area contributed by atoms with Gasteiger partial charge in [0.05, 0.1) is 25.6 Å². The average Bonchev–Trinajstić information content (AvgIpc) is 3.26. The molecule has 0 radical (unpaired) electrons. The van der Waals surface area contributed by atoms with Gasteiger partial charge in [0.2, 0.25) is 5.91 Å². The Bertz CT molecular complexity index is 1040. The Hall–Kier alpha value is -2.87. The first kappa shape index (κ1) is 21.0. The number of carbonyl (C=O) groups excluding carboxylic acids is 1. The Labute approximate surface area is 188 Å². The van der Waals surface area contributed by atoms with Crippen molar-refractivity contribution in [3.05, 3.63) is 46.5 Å². The zero-order chi connectivity index (χ0) is 22.1. The van der Waals surface area contributed by atoms with Crippen LogP contribution in [0.1, 0.15) is 25.3 Å². The Morgan fingerprint density at radius 2 is 1.81 bits per heavy atom. The molecule has 0 saturated carbocycles. The maximum absolute atomic E-state index is 13.2. The van der Waals surface area contributed by atoms with Crippen molar-refractivity contribution in [1.29, 1.82) is 0 Å². The summed E-state index contributed by atoms with van der Waals surface area (Å²) in [4.78, 5) is 36.4. The molecule has 8 heteroatoms. The van der Waals surface area contributed by atoms with Crippen molar-refractivity contribution in [2.75, 3.05) is 60.6 Å². The van der Waals surface area contributed by atoms with Crippen molar-refractivity contribution in [1.82, 2.24) is 9.55 Å². The van der Waals surface area contributed by atoms with E-state index in [1.165, 1.54) is 22.0 Å². The van der Waals surface area contributed by atoms with E-state index in [-0.39, 0.29) is 18.0 Å². The summed E-state index contributed by atoms with van der Waals surface area (Å²) in [6.45, 7) is 8.01. The summed E-state index contributed by atoms with van der Waals surface area (Å²) in [6, 6.07) is 6.17. The maximum Gasteiger partial charge on any atom is 0.269 e. The number of amides is 1. The van der Waals surface area contributed by atoms with E-state index in [2.05, 4.69) is 27.8 Å². The lowest BCUT2D eigenvalue weighted by molar-refractivity contribution is -0.119. The van der Waals surface area contributed by atoms with E-state index >= 15 is 0 Å². The van der Waals surface area contributed by atoms with Gasteiger partial charge in [-0.1, -0.05) is 13.0 Å². The molecule has 2 aromatic rings. The van der Waals surface area contributed by atoms with Crippen molar-refractivity contribution in [3.8, 4) is 0 Å². The minimum Gasteiger partial charge on any atom is -0.378 e. The number of morpholine rings is 1. The molecule has 1 aromatic carbocycles. The number of nitrogens with zero attached hydrogens (tertiary/aromatic N) is 5. The molecule has 8 nitrogen and oxygen atoms in total. The lowest BCUT2D eigenvalue weighted by Crippen LogP contribution is -2.37. The molecule has 1 amide bonds. The van der Waals surface area contributed by atoms with E-state index in [1.807, 2.05) is 17.0 Å². The van der Waals surface area contributed by atoms with E-state index in [0.29, 0.717) is 6.54 Å². The summed E-state index contributed by atoms with van der Waals surface area (Å²) >= 11 is 0. The molecule has 32 heavy (non-hydrogen) atoms. The number of piperidine rings is 1. The smallest absolute Gasteiger partial charge is 0.269 e. The number of hydrogen-bond donors (Lipinski definition) is 0. The first-order valence-corrected chi connectivity index (χ1v) is 11.7. The summed E-state index contributed by atoms with van der Waals surface area (Å²) in [7, 11) is 0. The fourth-order valence-corrected chi connectivity index (χ4v) is 4.96. The van der Waals surface area contributed by atoms with Gasteiger partial charge in [-0.3, -0.25) is 9.59 Å². The number of aromatic nitrogens is 2. The number of hydrogen-bond acceptors (Lipinski definition) is 6. The van der Waals surface area contributed by atoms with E-state index in [4.69, 9.17) is 4.74 Å². The second kappa shape index (κ2) is 8.94. The van der Waals surface area contributed by atoms with Gasteiger partial charge < -0.3 is 24.0 Å². The highest BCUT2D eigenvalue weighted by Gasteiger charge is 2.29. The van der Waals surface area contributed by atoms with Crippen LogP contribution in [0.3, 0.4) is 0 Å². The molecule has 170 valence electrons. The van der Waals surface area contributed by atoms with Gasteiger partial charge in [-0.15, -0.1) is 0 Å². The molecule has 4 heterocycles. The largest absolute Gasteiger partial charge is 0.378 e. The third-order valence-electron chi connectivity index (χ3n) is 6.93. The monoisotopic (exact) mass is 437 g/mol. The minimum atomic E-state index is -0.242. The van der Waals surface area contributed by atoms with E-state index < -0.39 is 0 Å². The molecule has 5 rings (SSSR count). The number of carbonyl (C=O) groups is 1. The van der Waals surface area contributed by atoms with Crippen LogP contribution < -0.4 is 20.3 Å². The Kier molecular flexibility index (Phi) is 5.87. The third-order valence-corrected chi connectivity index (χ3v) is 6.93. The Morgan fingerprint density at radius 3 is 2.59 bits per heavy atom.